The van der Waals surface area contributed by atoms with Crippen molar-refractivity contribution >= 4 is 10.0 Å². The fraction of sp³-hybridized carbons (Fsp3) is 0.707. The van der Waals surface area contributed by atoms with Gasteiger partial charge >= 0.3 is 0 Å². The van der Waals surface area contributed by atoms with Gasteiger partial charge in [-0.25, -0.2) is 8.42 Å². The molecule has 0 saturated heterocycles. The topological polar surface area (TPSA) is 96.3 Å². The summed E-state index contributed by atoms with van der Waals surface area (Å²) >= 11 is 0. The van der Waals surface area contributed by atoms with Crippen LogP contribution in [0.2, 0.25) is 0 Å². The third kappa shape index (κ3) is 6.93. The molecule has 7 nitrogen and oxygen atoms in total. The third-order valence-corrected chi connectivity index (χ3v) is 16.2. The molecule has 0 aromatic heterocycles. The van der Waals surface area contributed by atoms with Gasteiger partial charge in [0.05, 0.1) is 32.2 Å². The van der Waals surface area contributed by atoms with Crippen LogP contribution in [0, 0.1) is 52.3 Å². The molecular formula is C41H61NO6S. The molecule has 4 saturated carbocycles. The number of rotatable bonds is 12. The van der Waals surface area contributed by atoms with Crippen molar-refractivity contribution in [1.82, 2.24) is 4.31 Å². The van der Waals surface area contributed by atoms with E-state index in [0.717, 1.165) is 74.0 Å². The molecule has 8 heteroatoms. The molecule has 0 spiro atoms. The van der Waals surface area contributed by atoms with Crippen LogP contribution in [0.1, 0.15) is 96.6 Å². The van der Waals surface area contributed by atoms with Gasteiger partial charge in [-0.2, -0.15) is 4.31 Å². The van der Waals surface area contributed by atoms with E-state index in [1.807, 2.05) is 48.5 Å². The first kappa shape index (κ1) is 36.7. The molecule has 2 aromatic carbocycles. The summed E-state index contributed by atoms with van der Waals surface area (Å²) in [7, 11) is -0.314. The summed E-state index contributed by atoms with van der Waals surface area (Å²) < 4.78 is 40.7. The Morgan fingerprint density at radius 3 is 1.92 bits per heavy atom. The lowest BCUT2D eigenvalue weighted by atomic mass is 9.41. The Morgan fingerprint density at radius 2 is 1.37 bits per heavy atom. The standard InChI is InChI=1S/C41H61NO6S/c1-7-33-37-24-30(43)18-21-41(37,4)36-19-22-40(3)34(16-17-35(40)38(36)39(33)44)27(2)20-23-49(45,46)42(25-28-8-12-31(47-5)13-9-28)26-29-10-14-32(48-6)15-11-29/h8-15,27,30,33-39,43-44H,7,16-26H2,1-6H3/t27-,30-,33-,34?,35+,36+,37?,38?,39-,40-,41-/m1/s1. The summed E-state index contributed by atoms with van der Waals surface area (Å²) in [5.41, 5.74) is 2.13. The van der Waals surface area contributed by atoms with Gasteiger partial charge in [0.1, 0.15) is 11.5 Å². The Balaban J connectivity index is 1.18. The number of ether oxygens (including phenoxy) is 2. The molecule has 4 aliphatic carbocycles. The van der Waals surface area contributed by atoms with Gasteiger partial charge in [0.2, 0.25) is 10.0 Å². The van der Waals surface area contributed by atoms with Gasteiger partial charge in [0.15, 0.2) is 0 Å². The summed E-state index contributed by atoms with van der Waals surface area (Å²) in [5.74, 6) is 4.21. The fourth-order valence-electron chi connectivity index (χ4n) is 11.7. The van der Waals surface area contributed by atoms with Crippen LogP contribution in [0.5, 0.6) is 11.5 Å². The molecule has 6 rings (SSSR count). The number of fused-ring (bicyclic) bond motifs is 5. The van der Waals surface area contributed by atoms with Crippen molar-refractivity contribution in [1.29, 1.82) is 0 Å². The van der Waals surface area contributed by atoms with Gasteiger partial charge in [-0.1, -0.05) is 58.4 Å². The lowest BCUT2D eigenvalue weighted by molar-refractivity contribution is -0.203. The van der Waals surface area contributed by atoms with Gasteiger partial charge in [-0.05, 0) is 139 Å². The van der Waals surface area contributed by atoms with Gasteiger partial charge in [-0.3, -0.25) is 0 Å². The smallest absolute Gasteiger partial charge is 0.214 e. The molecule has 0 heterocycles. The quantitative estimate of drug-likeness (QED) is 0.237. The zero-order valence-corrected chi connectivity index (χ0v) is 31.5. The average molecular weight is 696 g/mol. The highest BCUT2D eigenvalue weighted by Gasteiger charge is 2.64. The molecule has 0 aliphatic heterocycles. The highest BCUT2D eigenvalue weighted by Crippen LogP contribution is 2.69. The molecule has 2 aromatic rings. The number of aliphatic hydroxyl groups is 2. The minimum atomic E-state index is -3.58. The Labute approximate surface area is 295 Å². The van der Waals surface area contributed by atoms with E-state index in [9.17, 15) is 18.6 Å². The number of benzene rings is 2. The lowest BCUT2D eigenvalue weighted by Gasteiger charge is -2.64. The molecule has 11 atom stereocenters. The maximum Gasteiger partial charge on any atom is 0.214 e. The van der Waals surface area contributed by atoms with Crippen molar-refractivity contribution < 1.29 is 28.1 Å². The second-order valence-electron chi connectivity index (χ2n) is 16.7. The van der Waals surface area contributed by atoms with E-state index in [1.54, 1.807) is 18.5 Å². The van der Waals surface area contributed by atoms with Crippen LogP contribution in [-0.4, -0.2) is 55.1 Å². The highest BCUT2D eigenvalue weighted by atomic mass is 32.2. The maximum atomic E-state index is 14.2. The Hall–Kier alpha value is -2.13. The summed E-state index contributed by atoms with van der Waals surface area (Å²) in [6, 6.07) is 15.3. The molecule has 0 radical (unpaired) electrons. The zero-order chi connectivity index (χ0) is 35.1. The van der Waals surface area contributed by atoms with Gasteiger partial charge in [0.25, 0.3) is 0 Å². The summed E-state index contributed by atoms with van der Waals surface area (Å²) in [5, 5.41) is 22.7. The molecule has 4 fully saturated rings. The Bertz CT molecular complexity index is 1460. The molecule has 0 bridgehead atoms. The van der Waals surface area contributed by atoms with Gasteiger partial charge in [-0.15, -0.1) is 0 Å². The first-order chi connectivity index (χ1) is 23.3. The third-order valence-electron chi connectivity index (χ3n) is 14.4. The lowest BCUT2D eigenvalue weighted by Crippen LogP contribution is -2.62. The predicted molar refractivity (Wildman–Crippen MR) is 195 cm³/mol. The first-order valence-electron chi connectivity index (χ1n) is 18.9. The average Bonchev–Trinajstić information content (AvgIpc) is 3.45. The predicted octanol–water partition coefficient (Wildman–Crippen LogP) is 7.69. The van der Waals surface area contributed by atoms with E-state index in [1.165, 1.54) is 0 Å². The van der Waals surface area contributed by atoms with Crippen LogP contribution in [-0.2, 0) is 23.1 Å². The highest BCUT2D eigenvalue weighted by molar-refractivity contribution is 7.89. The van der Waals surface area contributed by atoms with Crippen molar-refractivity contribution in [3.63, 3.8) is 0 Å². The van der Waals surface area contributed by atoms with Crippen LogP contribution in [0.15, 0.2) is 48.5 Å². The number of hydrogen-bond donors (Lipinski definition) is 2. The van der Waals surface area contributed by atoms with E-state index in [0.29, 0.717) is 49.1 Å². The number of methoxy groups -OCH3 is 2. The fourth-order valence-corrected chi connectivity index (χ4v) is 13.3. The molecule has 272 valence electrons. The minimum Gasteiger partial charge on any atom is -0.497 e. The largest absolute Gasteiger partial charge is 0.497 e. The Kier molecular flexibility index (Phi) is 10.8. The van der Waals surface area contributed by atoms with E-state index in [-0.39, 0.29) is 40.6 Å². The maximum absolute atomic E-state index is 14.2. The van der Waals surface area contributed by atoms with Crippen molar-refractivity contribution in [3.05, 3.63) is 59.7 Å². The number of nitrogens with zero attached hydrogens (tertiary/aromatic N) is 1. The zero-order valence-electron chi connectivity index (χ0n) is 30.7. The van der Waals surface area contributed by atoms with Crippen molar-refractivity contribution in [2.75, 3.05) is 20.0 Å². The van der Waals surface area contributed by atoms with E-state index < -0.39 is 10.0 Å². The van der Waals surface area contributed by atoms with Crippen molar-refractivity contribution in [2.24, 2.45) is 52.3 Å². The molecule has 2 N–H and O–H groups in total. The van der Waals surface area contributed by atoms with E-state index in [4.69, 9.17) is 9.47 Å². The van der Waals surface area contributed by atoms with Crippen LogP contribution in [0.3, 0.4) is 0 Å². The SMILES string of the molecule is CC[C@@H]1C2C[C@H](O)CC[C@]2(C)[C@H]2CC[C@]3(C)C([C@H](C)CCS(=O)(=O)N(Cc4ccc(OC)cc4)Cc4ccc(OC)cc4)CC[C@H]3C2[C@@H]1O. The molecular weight excluding hydrogens is 635 g/mol. The number of hydrogen-bond acceptors (Lipinski definition) is 6. The van der Waals surface area contributed by atoms with Crippen LogP contribution in [0.25, 0.3) is 0 Å². The summed E-state index contributed by atoms with van der Waals surface area (Å²) in [4.78, 5) is 0. The summed E-state index contributed by atoms with van der Waals surface area (Å²) in [6.45, 7) is 10.1. The van der Waals surface area contributed by atoms with Crippen LogP contribution in [0.4, 0.5) is 0 Å². The first-order valence-corrected chi connectivity index (χ1v) is 20.5. The normalized spacial score (nSPS) is 36.4. The van der Waals surface area contributed by atoms with Crippen molar-refractivity contribution in [2.45, 2.75) is 111 Å². The number of sulfonamides is 1. The second-order valence-corrected chi connectivity index (χ2v) is 18.8. The Morgan fingerprint density at radius 1 is 0.816 bits per heavy atom. The van der Waals surface area contributed by atoms with Gasteiger partial charge < -0.3 is 19.7 Å². The van der Waals surface area contributed by atoms with Crippen molar-refractivity contribution in [3.8, 4) is 11.5 Å². The minimum absolute atomic E-state index is 0.104. The van der Waals surface area contributed by atoms with Gasteiger partial charge in [0, 0.05) is 13.1 Å². The molecule has 49 heavy (non-hydrogen) atoms. The second kappa shape index (κ2) is 14.5. The van der Waals surface area contributed by atoms with Crippen LogP contribution >= 0.6 is 0 Å². The molecule has 0 amide bonds. The summed E-state index contributed by atoms with van der Waals surface area (Å²) in [6.07, 6.45) is 8.32. The molecule has 4 aliphatic rings. The van der Waals surface area contributed by atoms with Crippen LogP contribution < -0.4 is 9.47 Å². The number of aliphatic hydroxyl groups excluding tert-OH is 2. The van der Waals surface area contributed by atoms with E-state index in [2.05, 4.69) is 27.7 Å². The van der Waals surface area contributed by atoms with E-state index >= 15 is 0 Å². The molecule has 3 unspecified atom stereocenters. The monoisotopic (exact) mass is 695 g/mol.